The number of hydrogen-bond donors (Lipinski definition) is 0. The van der Waals surface area contributed by atoms with E-state index in [1.54, 1.807) is 4.90 Å². The standard InChI is InChI=1S/C22H19NO4/c1-13-26-19-10-9-16(11-20(19)27-13)23-18(14-5-3-2-4-6-14)12-17(22(23)25)21(24)15-7-8-15/h2-6,9-13,15,18H,7-8H2,1H3. The number of carbonyl (C=O) groups excluding carboxylic acids is 2. The summed E-state index contributed by atoms with van der Waals surface area (Å²) in [5.41, 5.74) is 1.97. The van der Waals surface area contributed by atoms with E-state index >= 15 is 0 Å². The maximum absolute atomic E-state index is 13.2. The summed E-state index contributed by atoms with van der Waals surface area (Å²) in [4.78, 5) is 27.5. The molecule has 2 unspecified atom stereocenters. The predicted molar refractivity (Wildman–Crippen MR) is 99.6 cm³/mol. The highest BCUT2D eigenvalue weighted by atomic mass is 16.7. The maximum Gasteiger partial charge on any atom is 0.262 e. The molecule has 27 heavy (non-hydrogen) atoms. The van der Waals surface area contributed by atoms with Crippen molar-refractivity contribution in [2.45, 2.75) is 32.1 Å². The summed E-state index contributed by atoms with van der Waals surface area (Å²) in [6.45, 7) is 1.82. The van der Waals surface area contributed by atoms with E-state index in [1.807, 2.05) is 61.5 Å². The number of fused-ring (bicyclic) bond motifs is 1. The molecule has 3 aliphatic rings. The van der Waals surface area contributed by atoms with Crippen molar-refractivity contribution >= 4 is 17.4 Å². The molecule has 5 nitrogen and oxygen atoms in total. The first-order valence-electron chi connectivity index (χ1n) is 9.24. The van der Waals surface area contributed by atoms with Gasteiger partial charge in [0, 0.05) is 24.6 Å². The smallest absolute Gasteiger partial charge is 0.262 e. The lowest BCUT2D eigenvalue weighted by Gasteiger charge is -2.25. The molecule has 5 rings (SSSR count). The zero-order valence-corrected chi connectivity index (χ0v) is 14.9. The Bertz CT molecular complexity index is 962. The largest absolute Gasteiger partial charge is 0.451 e. The van der Waals surface area contributed by atoms with Crippen molar-refractivity contribution in [3.8, 4) is 11.5 Å². The third kappa shape index (κ3) is 2.70. The van der Waals surface area contributed by atoms with Gasteiger partial charge in [0.25, 0.3) is 5.91 Å². The van der Waals surface area contributed by atoms with Crippen LogP contribution in [-0.4, -0.2) is 18.0 Å². The number of ether oxygens (including phenoxy) is 2. The molecule has 1 amide bonds. The van der Waals surface area contributed by atoms with Crippen LogP contribution in [-0.2, 0) is 9.59 Å². The third-order valence-corrected chi connectivity index (χ3v) is 5.20. The molecule has 0 spiro atoms. The molecule has 2 aromatic rings. The highest BCUT2D eigenvalue weighted by molar-refractivity contribution is 6.27. The van der Waals surface area contributed by atoms with E-state index in [1.165, 1.54) is 0 Å². The minimum absolute atomic E-state index is 0.00850. The summed E-state index contributed by atoms with van der Waals surface area (Å²) in [6.07, 6.45) is 3.22. The van der Waals surface area contributed by atoms with Gasteiger partial charge in [0.2, 0.25) is 6.29 Å². The second-order valence-electron chi connectivity index (χ2n) is 7.18. The Balaban J connectivity index is 1.56. The highest BCUT2D eigenvalue weighted by Gasteiger charge is 2.42. The van der Waals surface area contributed by atoms with Gasteiger partial charge in [-0.25, -0.2) is 0 Å². The Morgan fingerprint density at radius 3 is 2.52 bits per heavy atom. The van der Waals surface area contributed by atoms with Crippen LogP contribution in [0.25, 0.3) is 0 Å². The van der Waals surface area contributed by atoms with E-state index in [0.717, 1.165) is 18.4 Å². The van der Waals surface area contributed by atoms with Gasteiger partial charge in [-0.15, -0.1) is 0 Å². The van der Waals surface area contributed by atoms with Gasteiger partial charge in [0.1, 0.15) is 0 Å². The van der Waals surface area contributed by atoms with E-state index in [4.69, 9.17) is 9.47 Å². The third-order valence-electron chi connectivity index (χ3n) is 5.20. The Labute approximate surface area is 157 Å². The summed E-state index contributed by atoms with van der Waals surface area (Å²) < 4.78 is 11.2. The summed E-state index contributed by atoms with van der Waals surface area (Å²) in [5.74, 6) is 1.01. The van der Waals surface area contributed by atoms with Crippen LogP contribution in [0, 0.1) is 5.92 Å². The average molecular weight is 361 g/mol. The SMILES string of the molecule is CC1Oc2ccc(N3C(=O)C(C(=O)C4CC4)=CC3c3ccccc3)cc2O1. The molecule has 2 aromatic carbocycles. The summed E-state index contributed by atoms with van der Waals surface area (Å²) in [7, 11) is 0. The van der Waals surface area contributed by atoms with Crippen LogP contribution >= 0.6 is 0 Å². The van der Waals surface area contributed by atoms with E-state index < -0.39 is 0 Å². The summed E-state index contributed by atoms with van der Waals surface area (Å²) in [5, 5.41) is 0. The molecule has 2 aliphatic heterocycles. The summed E-state index contributed by atoms with van der Waals surface area (Å²) >= 11 is 0. The number of Topliss-reactive ketones (excluding diaryl/α,β-unsaturated/α-hetero) is 1. The van der Waals surface area contributed by atoms with Gasteiger partial charge >= 0.3 is 0 Å². The first-order chi connectivity index (χ1) is 13.1. The lowest BCUT2D eigenvalue weighted by Crippen LogP contribution is -2.31. The van der Waals surface area contributed by atoms with Crippen LogP contribution in [0.3, 0.4) is 0 Å². The molecule has 0 saturated heterocycles. The van der Waals surface area contributed by atoms with Crippen LogP contribution in [0.4, 0.5) is 5.69 Å². The number of amides is 1. The minimum Gasteiger partial charge on any atom is -0.451 e. The second-order valence-corrected chi connectivity index (χ2v) is 7.18. The fourth-order valence-corrected chi connectivity index (χ4v) is 3.70. The van der Waals surface area contributed by atoms with Gasteiger partial charge < -0.3 is 9.47 Å². The molecule has 0 radical (unpaired) electrons. The molecule has 1 fully saturated rings. The number of carbonyl (C=O) groups is 2. The second kappa shape index (κ2) is 5.98. The number of hydrogen-bond acceptors (Lipinski definition) is 4. The molecule has 1 saturated carbocycles. The van der Waals surface area contributed by atoms with Crippen molar-refractivity contribution in [2.75, 3.05) is 4.90 Å². The van der Waals surface area contributed by atoms with Gasteiger partial charge in [-0.2, -0.15) is 0 Å². The zero-order chi connectivity index (χ0) is 18.5. The van der Waals surface area contributed by atoms with Crippen LogP contribution in [0.5, 0.6) is 11.5 Å². The maximum atomic E-state index is 13.2. The first kappa shape index (κ1) is 16.1. The molecule has 5 heteroatoms. The van der Waals surface area contributed by atoms with Crippen LogP contribution in [0.15, 0.2) is 60.2 Å². The van der Waals surface area contributed by atoms with Crippen molar-refractivity contribution in [3.05, 3.63) is 65.7 Å². The number of benzene rings is 2. The highest BCUT2D eigenvalue weighted by Crippen LogP contribution is 2.43. The van der Waals surface area contributed by atoms with E-state index in [-0.39, 0.29) is 29.9 Å². The van der Waals surface area contributed by atoms with Gasteiger partial charge in [0.15, 0.2) is 17.3 Å². The van der Waals surface area contributed by atoms with E-state index in [9.17, 15) is 9.59 Å². The molecule has 0 aromatic heterocycles. The van der Waals surface area contributed by atoms with Gasteiger partial charge in [0.05, 0.1) is 11.6 Å². The lowest BCUT2D eigenvalue weighted by atomic mass is 10.0. The van der Waals surface area contributed by atoms with Crippen molar-refractivity contribution in [3.63, 3.8) is 0 Å². The van der Waals surface area contributed by atoms with Crippen LogP contribution < -0.4 is 14.4 Å². The quantitative estimate of drug-likeness (QED) is 0.778. The van der Waals surface area contributed by atoms with E-state index in [0.29, 0.717) is 22.8 Å². The van der Waals surface area contributed by atoms with Gasteiger partial charge in [-0.05, 0) is 36.6 Å². The number of nitrogens with zero attached hydrogens (tertiary/aromatic N) is 1. The monoisotopic (exact) mass is 361 g/mol. The van der Waals surface area contributed by atoms with Gasteiger partial charge in [-0.3, -0.25) is 14.5 Å². The van der Waals surface area contributed by atoms with Crippen LogP contribution in [0.1, 0.15) is 31.4 Å². The molecule has 2 heterocycles. The fraction of sp³-hybridized carbons (Fsp3) is 0.273. The number of ketones is 1. The van der Waals surface area contributed by atoms with Crippen LogP contribution in [0.2, 0.25) is 0 Å². The Morgan fingerprint density at radius 1 is 1.04 bits per heavy atom. The van der Waals surface area contributed by atoms with Gasteiger partial charge in [-0.1, -0.05) is 30.3 Å². The Kier molecular flexibility index (Phi) is 3.57. The normalized spacial score (nSPS) is 23.5. The molecule has 136 valence electrons. The predicted octanol–water partition coefficient (Wildman–Crippen LogP) is 3.80. The van der Waals surface area contributed by atoms with E-state index in [2.05, 4.69) is 0 Å². The fourth-order valence-electron chi connectivity index (χ4n) is 3.70. The molecule has 2 atom stereocenters. The molecule has 1 aliphatic carbocycles. The van der Waals surface area contributed by atoms with Crippen molar-refractivity contribution in [1.82, 2.24) is 0 Å². The van der Waals surface area contributed by atoms with Crippen molar-refractivity contribution in [2.24, 2.45) is 5.92 Å². The van der Waals surface area contributed by atoms with Crippen molar-refractivity contribution in [1.29, 1.82) is 0 Å². The minimum atomic E-state index is -0.348. The lowest BCUT2D eigenvalue weighted by molar-refractivity contribution is -0.121. The van der Waals surface area contributed by atoms with Crippen molar-refractivity contribution < 1.29 is 19.1 Å². The summed E-state index contributed by atoms with van der Waals surface area (Å²) in [6, 6.07) is 14.9. The topological polar surface area (TPSA) is 55.8 Å². The average Bonchev–Trinajstić information content (AvgIpc) is 3.38. The molecule has 0 N–H and O–H groups in total. The number of rotatable bonds is 4. The molecule has 0 bridgehead atoms. The Hall–Kier alpha value is -3.08. The molecular formula is C22H19NO4. The Morgan fingerprint density at radius 2 is 1.78 bits per heavy atom. The molecular weight excluding hydrogens is 342 g/mol. The zero-order valence-electron chi connectivity index (χ0n) is 14.9. The number of anilines is 1. The first-order valence-corrected chi connectivity index (χ1v) is 9.24.